The van der Waals surface area contributed by atoms with Crippen molar-refractivity contribution in [2.45, 2.75) is 6.92 Å². The van der Waals surface area contributed by atoms with E-state index in [1.165, 1.54) is 11.3 Å². The minimum atomic E-state index is 0.0372. The van der Waals surface area contributed by atoms with Crippen molar-refractivity contribution in [1.29, 1.82) is 0 Å². The molecule has 3 aromatic rings. The van der Waals surface area contributed by atoms with Crippen LogP contribution in [0.4, 0.5) is 0 Å². The number of carbonyl (C=O) groups is 1. The fraction of sp³-hybridized carbons (Fsp3) is 0.0588. The summed E-state index contributed by atoms with van der Waals surface area (Å²) in [4.78, 5) is 17.1. The molecule has 0 spiro atoms. The van der Waals surface area contributed by atoms with E-state index in [4.69, 9.17) is 0 Å². The standard InChI is InChI=1S/C17H13NOS/c1-12-18-11-16(20-12)17(19)15-9-7-14(8-10-15)13-5-3-2-4-6-13/h2-11H,1H3. The van der Waals surface area contributed by atoms with Crippen LogP contribution in [-0.2, 0) is 0 Å². The fourth-order valence-electron chi connectivity index (χ4n) is 2.05. The molecule has 20 heavy (non-hydrogen) atoms. The summed E-state index contributed by atoms with van der Waals surface area (Å²) in [5.74, 6) is 0.0372. The van der Waals surface area contributed by atoms with Crippen molar-refractivity contribution >= 4 is 17.1 Å². The monoisotopic (exact) mass is 279 g/mol. The van der Waals surface area contributed by atoms with Crippen LogP contribution < -0.4 is 0 Å². The maximum absolute atomic E-state index is 12.3. The Bertz CT molecular complexity index is 729. The molecule has 0 radical (unpaired) electrons. The molecule has 2 nitrogen and oxygen atoms in total. The molecule has 0 bridgehead atoms. The first-order valence-corrected chi connectivity index (χ1v) is 7.18. The second kappa shape index (κ2) is 5.39. The van der Waals surface area contributed by atoms with Crippen molar-refractivity contribution in [3.63, 3.8) is 0 Å². The highest BCUT2D eigenvalue weighted by Gasteiger charge is 2.11. The Kier molecular flexibility index (Phi) is 3.44. The van der Waals surface area contributed by atoms with Crippen molar-refractivity contribution in [2.24, 2.45) is 0 Å². The van der Waals surface area contributed by atoms with E-state index >= 15 is 0 Å². The van der Waals surface area contributed by atoms with Gasteiger partial charge in [-0.15, -0.1) is 11.3 Å². The summed E-state index contributed by atoms with van der Waals surface area (Å²) in [5.41, 5.74) is 2.97. The number of aryl methyl sites for hydroxylation is 1. The maximum atomic E-state index is 12.3. The summed E-state index contributed by atoms with van der Waals surface area (Å²) >= 11 is 1.43. The first kappa shape index (κ1) is 12.8. The Morgan fingerprint density at radius 1 is 0.950 bits per heavy atom. The van der Waals surface area contributed by atoms with E-state index in [0.29, 0.717) is 10.4 Å². The summed E-state index contributed by atoms with van der Waals surface area (Å²) in [6.07, 6.45) is 1.65. The lowest BCUT2D eigenvalue weighted by Gasteiger charge is -2.03. The van der Waals surface area contributed by atoms with Gasteiger partial charge in [-0.3, -0.25) is 4.79 Å². The fourth-order valence-corrected chi connectivity index (χ4v) is 2.79. The van der Waals surface area contributed by atoms with Crippen LogP contribution in [0, 0.1) is 6.92 Å². The predicted molar refractivity (Wildman–Crippen MR) is 82.2 cm³/mol. The summed E-state index contributed by atoms with van der Waals surface area (Å²) in [5, 5.41) is 0.911. The normalized spacial score (nSPS) is 10.4. The van der Waals surface area contributed by atoms with Crippen LogP contribution in [0.25, 0.3) is 11.1 Å². The Morgan fingerprint density at radius 2 is 1.60 bits per heavy atom. The van der Waals surface area contributed by atoms with E-state index in [1.807, 2.05) is 49.4 Å². The highest BCUT2D eigenvalue weighted by Crippen LogP contribution is 2.21. The van der Waals surface area contributed by atoms with Crippen LogP contribution in [-0.4, -0.2) is 10.8 Å². The molecular weight excluding hydrogens is 266 g/mol. The third-order valence-electron chi connectivity index (χ3n) is 3.10. The molecule has 0 saturated carbocycles. The van der Waals surface area contributed by atoms with E-state index < -0.39 is 0 Å². The summed E-state index contributed by atoms with van der Waals surface area (Å²) in [6.45, 7) is 1.90. The minimum Gasteiger partial charge on any atom is -0.288 e. The molecule has 0 aliphatic carbocycles. The van der Waals surface area contributed by atoms with Gasteiger partial charge in [0.05, 0.1) is 9.88 Å². The van der Waals surface area contributed by atoms with Gasteiger partial charge in [0.1, 0.15) is 0 Å². The van der Waals surface area contributed by atoms with Gasteiger partial charge in [-0.05, 0) is 18.1 Å². The first-order valence-electron chi connectivity index (χ1n) is 6.36. The van der Waals surface area contributed by atoms with E-state index in [2.05, 4.69) is 17.1 Å². The zero-order chi connectivity index (χ0) is 13.9. The van der Waals surface area contributed by atoms with Gasteiger partial charge >= 0.3 is 0 Å². The smallest absolute Gasteiger partial charge is 0.204 e. The van der Waals surface area contributed by atoms with Crippen molar-refractivity contribution < 1.29 is 4.79 Å². The van der Waals surface area contributed by atoms with E-state index in [-0.39, 0.29) is 5.78 Å². The lowest BCUT2D eigenvalue weighted by molar-refractivity contribution is 0.104. The Labute approximate surface area is 121 Å². The summed E-state index contributed by atoms with van der Waals surface area (Å²) < 4.78 is 0. The molecule has 0 fully saturated rings. The highest BCUT2D eigenvalue weighted by atomic mass is 32.1. The van der Waals surface area contributed by atoms with Crippen LogP contribution in [0.3, 0.4) is 0 Å². The molecule has 0 saturated heterocycles. The van der Waals surface area contributed by atoms with Gasteiger partial charge in [0, 0.05) is 11.8 Å². The van der Waals surface area contributed by atoms with Gasteiger partial charge in [-0.2, -0.15) is 0 Å². The molecule has 0 unspecified atom stereocenters. The van der Waals surface area contributed by atoms with Gasteiger partial charge in [-0.1, -0.05) is 54.6 Å². The van der Waals surface area contributed by atoms with Crippen LogP contribution in [0.2, 0.25) is 0 Å². The van der Waals surface area contributed by atoms with Crippen molar-refractivity contribution in [2.75, 3.05) is 0 Å². The molecule has 0 N–H and O–H groups in total. The van der Waals surface area contributed by atoms with Gasteiger partial charge in [0.15, 0.2) is 0 Å². The number of hydrogen-bond donors (Lipinski definition) is 0. The predicted octanol–water partition coefficient (Wildman–Crippen LogP) is 4.35. The molecule has 0 aliphatic heterocycles. The van der Waals surface area contributed by atoms with Crippen LogP contribution in [0.5, 0.6) is 0 Å². The quantitative estimate of drug-likeness (QED) is 0.667. The Hall–Kier alpha value is -2.26. The van der Waals surface area contributed by atoms with Crippen molar-refractivity contribution in [3.05, 3.63) is 76.2 Å². The molecular formula is C17H13NOS. The number of thiazole rings is 1. The van der Waals surface area contributed by atoms with Gasteiger partial charge < -0.3 is 0 Å². The highest BCUT2D eigenvalue weighted by molar-refractivity contribution is 7.13. The molecule has 98 valence electrons. The summed E-state index contributed by atoms with van der Waals surface area (Å²) in [6, 6.07) is 17.8. The number of rotatable bonds is 3. The average Bonchev–Trinajstić information content (AvgIpc) is 2.94. The number of carbonyl (C=O) groups excluding carboxylic acids is 1. The average molecular weight is 279 g/mol. The van der Waals surface area contributed by atoms with Crippen LogP contribution in [0.1, 0.15) is 20.2 Å². The van der Waals surface area contributed by atoms with E-state index in [9.17, 15) is 4.79 Å². The number of hydrogen-bond acceptors (Lipinski definition) is 3. The summed E-state index contributed by atoms with van der Waals surface area (Å²) in [7, 11) is 0. The lowest BCUT2D eigenvalue weighted by Crippen LogP contribution is -1.98. The van der Waals surface area contributed by atoms with Gasteiger partial charge in [0.2, 0.25) is 5.78 Å². The number of aromatic nitrogens is 1. The molecule has 0 amide bonds. The second-order valence-electron chi connectivity index (χ2n) is 4.52. The molecule has 1 aromatic heterocycles. The van der Waals surface area contributed by atoms with Gasteiger partial charge in [0.25, 0.3) is 0 Å². The number of ketones is 1. The molecule has 1 heterocycles. The second-order valence-corrected chi connectivity index (χ2v) is 5.75. The lowest BCUT2D eigenvalue weighted by atomic mass is 10.0. The molecule has 3 rings (SSSR count). The Morgan fingerprint density at radius 3 is 2.20 bits per heavy atom. The largest absolute Gasteiger partial charge is 0.288 e. The third kappa shape index (κ3) is 2.53. The molecule has 0 aliphatic rings. The van der Waals surface area contributed by atoms with Crippen molar-refractivity contribution in [3.8, 4) is 11.1 Å². The Balaban J connectivity index is 1.88. The number of benzene rings is 2. The minimum absolute atomic E-state index is 0.0372. The van der Waals surface area contributed by atoms with E-state index in [1.54, 1.807) is 6.20 Å². The van der Waals surface area contributed by atoms with E-state index in [0.717, 1.165) is 16.1 Å². The zero-order valence-corrected chi connectivity index (χ0v) is 11.9. The van der Waals surface area contributed by atoms with Crippen molar-refractivity contribution in [1.82, 2.24) is 4.98 Å². The first-order chi connectivity index (χ1) is 9.74. The van der Waals surface area contributed by atoms with Crippen LogP contribution >= 0.6 is 11.3 Å². The number of nitrogens with zero attached hydrogens (tertiary/aromatic N) is 1. The molecule has 2 aromatic carbocycles. The maximum Gasteiger partial charge on any atom is 0.204 e. The van der Waals surface area contributed by atoms with Gasteiger partial charge in [-0.25, -0.2) is 4.98 Å². The molecule has 3 heteroatoms. The third-order valence-corrected chi connectivity index (χ3v) is 4.01. The molecule has 0 atom stereocenters. The SMILES string of the molecule is Cc1ncc(C(=O)c2ccc(-c3ccccc3)cc2)s1. The topological polar surface area (TPSA) is 30.0 Å². The zero-order valence-electron chi connectivity index (χ0n) is 11.0. The van der Waals surface area contributed by atoms with Crippen LogP contribution in [0.15, 0.2) is 60.8 Å².